The minimum absolute atomic E-state index is 0.0913. The van der Waals surface area contributed by atoms with Gasteiger partial charge in [0.1, 0.15) is 0 Å². The van der Waals surface area contributed by atoms with Gasteiger partial charge in [-0.25, -0.2) is 0 Å². The smallest absolute Gasteiger partial charge is 0.324 e. The van der Waals surface area contributed by atoms with Crippen LogP contribution in [-0.2, 0) is 11.3 Å². The van der Waals surface area contributed by atoms with Crippen LogP contribution in [0.3, 0.4) is 0 Å². The lowest BCUT2D eigenvalue weighted by Gasteiger charge is -2.11. The first-order valence-corrected chi connectivity index (χ1v) is 12.8. The fraction of sp³-hybridized carbons (Fsp3) is 0.200. The molecule has 0 saturated carbocycles. The molecule has 4 rings (SSSR count). The van der Waals surface area contributed by atoms with E-state index in [0.717, 1.165) is 17.5 Å². The first kappa shape index (κ1) is 29.6. The molecule has 188 valence electrons. The van der Waals surface area contributed by atoms with E-state index >= 15 is 0 Å². The van der Waals surface area contributed by atoms with E-state index in [1.54, 1.807) is 24.3 Å². The maximum atomic E-state index is 12.9. The summed E-state index contributed by atoms with van der Waals surface area (Å²) in [5, 5.41) is 1.16. The molecule has 0 amide bonds. The highest BCUT2D eigenvalue weighted by Gasteiger charge is 2.24. The zero-order valence-electron chi connectivity index (χ0n) is 21.2. The Morgan fingerprint density at radius 2 is 1.19 bits per heavy atom. The maximum Gasteiger partial charge on any atom is 0.412 e. The zero-order valence-corrected chi connectivity index (χ0v) is 22.7. The Labute approximate surface area is 225 Å². The number of halogens is 3. The van der Waals surface area contributed by atoms with Crippen LogP contribution in [0, 0.1) is 13.8 Å². The van der Waals surface area contributed by atoms with Crippen molar-refractivity contribution in [2.45, 2.75) is 40.2 Å². The van der Waals surface area contributed by atoms with Crippen LogP contribution in [0.15, 0.2) is 97.1 Å². The van der Waals surface area contributed by atoms with Crippen molar-refractivity contribution in [2.24, 2.45) is 5.73 Å². The van der Waals surface area contributed by atoms with Gasteiger partial charge in [-0.1, -0.05) is 127 Å². The van der Waals surface area contributed by atoms with Crippen molar-refractivity contribution in [3.63, 3.8) is 0 Å². The summed E-state index contributed by atoms with van der Waals surface area (Å²) in [6.45, 7) is 6.96. The Kier molecular flexibility index (Phi) is 12.7. The van der Waals surface area contributed by atoms with Gasteiger partial charge in [-0.3, -0.25) is 4.86 Å². The van der Waals surface area contributed by atoms with E-state index in [4.69, 9.17) is 28.9 Å². The molecule has 0 aliphatic heterocycles. The molecule has 0 unspecified atom stereocenters. The van der Waals surface area contributed by atoms with Gasteiger partial charge >= 0.3 is 6.92 Å². The lowest BCUT2D eigenvalue weighted by molar-refractivity contribution is -0.00509. The molecule has 0 heterocycles. The zero-order chi connectivity index (χ0) is 26.5. The van der Waals surface area contributed by atoms with Crippen LogP contribution in [0.5, 0.6) is 0 Å². The molecule has 6 heteroatoms. The van der Waals surface area contributed by atoms with Crippen LogP contribution in [0.1, 0.15) is 42.1 Å². The first-order chi connectivity index (χ1) is 17.4. The molecular formula is C30H33BCl2FNO. The van der Waals surface area contributed by atoms with Crippen molar-refractivity contribution < 1.29 is 9.39 Å². The second-order valence-corrected chi connectivity index (χ2v) is 9.01. The molecule has 36 heavy (non-hydrogen) atoms. The van der Waals surface area contributed by atoms with Crippen molar-refractivity contribution in [3.8, 4) is 0 Å². The highest BCUT2D eigenvalue weighted by Crippen LogP contribution is 2.16. The monoisotopic (exact) mass is 523 g/mol. The number of rotatable bonds is 6. The molecule has 2 nitrogen and oxygen atoms in total. The van der Waals surface area contributed by atoms with Gasteiger partial charge in [-0.2, -0.15) is 0 Å². The van der Waals surface area contributed by atoms with Gasteiger partial charge in [0.25, 0.3) is 0 Å². The minimum Gasteiger partial charge on any atom is -0.324 e. The molecule has 0 aromatic heterocycles. The van der Waals surface area contributed by atoms with E-state index < -0.39 is 6.92 Å². The predicted molar refractivity (Wildman–Crippen MR) is 154 cm³/mol. The van der Waals surface area contributed by atoms with Gasteiger partial charge < -0.3 is 5.73 Å². The highest BCUT2D eigenvalue weighted by atomic mass is 35.5. The molecule has 0 radical (unpaired) electrons. The Hall–Kier alpha value is -2.63. The lowest BCUT2D eigenvalue weighted by atomic mass is 9.55. The normalized spacial score (nSPS) is 10.9. The quantitative estimate of drug-likeness (QED) is 0.264. The Bertz CT molecular complexity index is 1140. The van der Waals surface area contributed by atoms with E-state index in [9.17, 15) is 4.53 Å². The summed E-state index contributed by atoms with van der Waals surface area (Å²) in [6.07, 6.45) is 0.894. The van der Waals surface area contributed by atoms with Gasteiger partial charge in [0.05, 0.1) is 0 Å². The molecule has 0 saturated heterocycles. The van der Waals surface area contributed by atoms with Crippen molar-refractivity contribution in [2.75, 3.05) is 0 Å². The maximum absolute atomic E-state index is 12.9. The molecule has 4 aromatic rings. The predicted octanol–water partition coefficient (Wildman–Crippen LogP) is 7.57. The molecule has 0 fully saturated rings. The summed E-state index contributed by atoms with van der Waals surface area (Å²) in [5.74, 6) is 0. The molecule has 2 N–H and O–H groups in total. The van der Waals surface area contributed by atoms with E-state index in [2.05, 4.69) is 29.1 Å². The summed E-state index contributed by atoms with van der Waals surface area (Å²) >= 11 is 12.1. The molecule has 0 aliphatic carbocycles. The minimum atomic E-state index is -0.823. The second kappa shape index (κ2) is 15.5. The molecule has 0 spiro atoms. The molecular weight excluding hydrogens is 491 g/mol. The number of hydrogen-bond acceptors (Lipinski definition) is 2. The second-order valence-electron chi connectivity index (χ2n) is 8.19. The largest absolute Gasteiger partial charge is 0.412 e. The summed E-state index contributed by atoms with van der Waals surface area (Å²) in [4.78, 5) is 4.09. The summed E-state index contributed by atoms with van der Waals surface area (Å²) in [5.41, 5.74) is 11.8. The summed E-state index contributed by atoms with van der Waals surface area (Å²) in [6, 6.07) is 31.3. The summed E-state index contributed by atoms with van der Waals surface area (Å²) < 4.78 is 12.9. The Morgan fingerprint density at radius 1 is 0.750 bits per heavy atom. The lowest BCUT2D eigenvalue weighted by Crippen LogP contribution is -2.43. The van der Waals surface area contributed by atoms with Crippen molar-refractivity contribution in [1.29, 1.82) is 0 Å². The Balaban J connectivity index is 0.000000243. The van der Waals surface area contributed by atoms with Gasteiger partial charge in [0, 0.05) is 16.1 Å². The van der Waals surface area contributed by atoms with E-state index in [1.807, 2.05) is 76.2 Å². The van der Waals surface area contributed by atoms with Crippen molar-refractivity contribution in [3.05, 3.63) is 129 Å². The van der Waals surface area contributed by atoms with Crippen LogP contribution >= 0.6 is 23.2 Å². The number of nitrogens with two attached hydrogens (primary N) is 1. The van der Waals surface area contributed by atoms with E-state index in [1.165, 1.54) is 11.1 Å². The van der Waals surface area contributed by atoms with Gasteiger partial charge in [-0.15, -0.1) is 0 Å². The average molecular weight is 524 g/mol. The number of benzene rings is 4. The van der Waals surface area contributed by atoms with Crippen LogP contribution < -0.4 is 16.7 Å². The standard InChI is InChI=1S/C14H12BCl2FO.C14H15N.C2H6/c1-9-3-5-11(7-13(9)16)15(19-18)12-6-4-10(2)14(17)8-12;15-14(13-9-5-2-6-10-13)11-12-7-3-1-4-8-12;1-2/h3-8H,1-2H3;1-10,14H,11,15H2;1-2H3/t;14-;/m.0./s1. The SMILES string of the molecule is CC.Cc1ccc(B(OF)c2ccc(C)c(Cl)c2)cc1Cl.N[C@@H](Cc1ccccc1)c1ccccc1. The molecule has 0 bridgehead atoms. The van der Waals surface area contributed by atoms with Gasteiger partial charge in [-0.05, 0) is 65.6 Å². The third kappa shape index (κ3) is 8.79. The fourth-order valence-electron chi connectivity index (χ4n) is 3.53. The van der Waals surface area contributed by atoms with Crippen LogP contribution in [0.4, 0.5) is 4.53 Å². The van der Waals surface area contributed by atoms with E-state index in [-0.39, 0.29) is 6.04 Å². The molecule has 0 aliphatic rings. The van der Waals surface area contributed by atoms with Crippen molar-refractivity contribution in [1.82, 2.24) is 0 Å². The van der Waals surface area contributed by atoms with Crippen molar-refractivity contribution >= 4 is 41.0 Å². The van der Waals surface area contributed by atoms with Crippen LogP contribution in [-0.4, -0.2) is 6.92 Å². The third-order valence-electron chi connectivity index (χ3n) is 5.61. The first-order valence-electron chi connectivity index (χ1n) is 12.0. The molecule has 4 aromatic carbocycles. The van der Waals surface area contributed by atoms with Gasteiger partial charge in [0.15, 0.2) is 0 Å². The van der Waals surface area contributed by atoms with Crippen LogP contribution in [0.25, 0.3) is 0 Å². The third-order valence-corrected chi connectivity index (χ3v) is 6.43. The van der Waals surface area contributed by atoms with E-state index in [0.29, 0.717) is 21.0 Å². The topological polar surface area (TPSA) is 35.2 Å². The van der Waals surface area contributed by atoms with Gasteiger partial charge in [0.2, 0.25) is 0 Å². The number of aryl methyl sites for hydroxylation is 2. The molecule has 1 atom stereocenters. The number of hydrogen-bond donors (Lipinski definition) is 1. The Morgan fingerprint density at radius 3 is 1.61 bits per heavy atom. The average Bonchev–Trinajstić information content (AvgIpc) is 2.91. The van der Waals surface area contributed by atoms with Crippen LogP contribution in [0.2, 0.25) is 10.0 Å². The fourth-order valence-corrected chi connectivity index (χ4v) is 3.90. The highest BCUT2D eigenvalue weighted by molar-refractivity contribution is 6.80. The summed E-state index contributed by atoms with van der Waals surface area (Å²) in [7, 11) is 0.